The van der Waals surface area contributed by atoms with Crippen molar-refractivity contribution in [1.82, 2.24) is 5.16 Å². The summed E-state index contributed by atoms with van der Waals surface area (Å²) in [4.78, 5) is 12.2. The lowest BCUT2D eigenvalue weighted by Gasteiger charge is -2.06. The molecule has 0 spiro atoms. The number of hydrogen-bond donors (Lipinski definition) is 1. The van der Waals surface area contributed by atoms with Crippen molar-refractivity contribution < 1.29 is 9.32 Å². The molecule has 5 heteroatoms. The van der Waals surface area contributed by atoms with Gasteiger partial charge in [-0.1, -0.05) is 23.4 Å². The Morgan fingerprint density at radius 1 is 1.27 bits per heavy atom. The Balaban J connectivity index is 1.84. The molecule has 22 heavy (non-hydrogen) atoms. The van der Waals surface area contributed by atoms with E-state index in [1.54, 1.807) is 0 Å². The zero-order valence-corrected chi connectivity index (χ0v) is 14.5. The van der Waals surface area contributed by atoms with E-state index in [4.69, 9.17) is 4.52 Å². The molecule has 1 aromatic heterocycles. The van der Waals surface area contributed by atoms with E-state index >= 15 is 0 Å². The van der Waals surface area contributed by atoms with Gasteiger partial charge in [0.2, 0.25) is 5.91 Å². The number of aromatic nitrogens is 1. The molecule has 0 fully saturated rings. The third-order valence-corrected chi connectivity index (χ3v) is 4.39. The predicted molar refractivity (Wildman–Crippen MR) is 95.0 cm³/mol. The summed E-state index contributed by atoms with van der Waals surface area (Å²) in [5.74, 6) is -0.0986. The van der Waals surface area contributed by atoms with Crippen LogP contribution in [-0.2, 0) is 11.2 Å². The molecule has 0 aliphatic carbocycles. The van der Waals surface area contributed by atoms with Crippen LogP contribution in [-0.4, -0.2) is 11.1 Å². The highest BCUT2D eigenvalue weighted by atomic mass is 127. The van der Waals surface area contributed by atoms with Gasteiger partial charge in [0.05, 0.1) is 12.1 Å². The van der Waals surface area contributed by atoms with Gasteiger partial charge in [-0.3, -0.25) is 4.79 Å². The van der Waals surface area contributed by atoms with Crippen molar-refractivity contribution in [3.8, 4) is 0 Å². The molecule has 0 atom stereocenters. The van der Waals surface area contributed by atoms with Gasteiger partial charge in [0.1, 0.15) is 5.69 Å². The third kappa shape index (κ3) is 2.99. The van der Waals surface area contributed by atoms with Crippen molar-refractivity contribution in [2.75, 3.05) is 5.32 Å². The Morgan fingerprint density at radius 2 is 2.05 bits per heavy atom. The van der Waals surface area contributed by atoms with Gasteiger partial charge in [0.15, 0.2) is 5.58 Å². The summed E-state index contributed by atoms with van der Waals surface area (Å²) >= 11 is 2.20. The van der Waals surface area contributed by atoms with Gasteiger partial charge in [-0.05, 0) is 65.8 Å². The van der Waals surface area contributed by atoms with Crippen LogP contribution < -0.4 is 5.32 Å². The van der Waals surface area contributed by atoms with Gasteiger partial charge in [-0.15, -0.1) is 0 Å². The lowest BCUT2D eigenvalue weighted by molar-refractivity contribution is -0.115. The smallest absolute Gasteiger partial charge is 0.230 e. The monoisotopic (exact) mass is 406 g/mol. The first-order chi connectivity index (χ1) is 10.5. The minimum Gasteiger partial charge on any atom is -0.356 e. The molecular weight excluding hydrogens is 391 g/mol. The van der Waals surface area contributed by atoms with E-state index in [0.29, 0.717) is 5.69 Å². The zero-order valence-electron chi connectivity index (χ0n) is 12.3. The number of fused-ring (bicyclic) bond motifs is 1. The fraction of sp³-hybridized carbons (Fsp3) is 0.176. The number of carbonyl (C=O) groups excluding carboxylic acids is 1. The molecule has 2 aromatic carbocycles. The van der Waals surface area contributed by atoms with E-state index in [-0.39, 0.29) is 12.3 Å². The standard InChI is InChI=1S/C17H15IN2O2/c1-10-7-11(2)17-12(8-10)15(20-22-17)9-16(21)19-14-6-4-3-5-13(14)18/h3-8H,9H2,1-2H3,(H,19,21). The molecule has 1 amide bonds. The third-order valence-electron chi connectivity index (χ3n) is 3.45. The normalized spacial score (nSPS) is 10.9. The van der Waals surface area contributed by atoms with Crippen LogP contribution in [0.25, 0.3) is 11.0 Å². The van der Waals surface area contributed by atoms with Crippen LogP contribution in [0.1, 0.15) is 16.8 Å². The summed E-state index contributed by atoms with van der Waals surface area (Å²) < 4.78 is 6.38. The van der Waals surface area contributed by atoms with Gasteiger partial charge in [-0.25, -0.2) is 0 Å². The number of benzene rings is 2. The van der Waals surface area contributed by atoms with Gasteiger partial charge < -0.3 is 9.84 Å². The number of para-hydroxylation sites is 1. The van der Waals surface area contributed by atoms with E-state index < -0.39 is 0 Å². The maximum absolute atomic E-state index is 12.2. The lowest BCUT2D eigenvalue weighted by atomic mass is 10.1. The maximum Gasteiger partial charge on any atom is 0.230 e. The molecule has 3 aromatic rings. The number of anilines is 1. The van der Waals surface area contributed by atoms with Crippen molar-refractivity contribution in [2.24, 2.45) is 0 Å². The molecule has 0 saturated heterocycles. The van der Waals surface area contributed by atoms with Crippen molar-refractivity contribution in [2.45, 2.75) is 20.3 Å². The summed E-state index contributed by atoms with van der Waals surface area (Å²) in [5.41, 5.74) is 4.40. The Hall–Kier alpha value is -1.89. The topological polar surface area (TPSA) is 55.1 Å². The quantitative estimate of drug-likeness (QED) is 0.663. The molecule has 0 bridgehead atoms. The maximum atomic E-state index is 12.2. The van der Waals surface area contributed by atoms with Crippen LogP contribution in [0.4, 0.5) is 5.69 Å². The Morgan fingerprint density at radius 3 is 2.82 bits per heavy atom. The minimum absolute atomic E-state index is 0.0986. The fourth-order valence-corrected chi connectivity index (χ4v) is 3.00. The highest BCUT2D eigenvalue weighted by Crippen LogP contribution is 2.24. The number of carbonyl (C=O) groups is 1. The molecule has 4 nitrogen and oxygen atoms in total. The number of hydrogen-bond acceptors (Lipinski definition) is 3. The van der Waals surface area contributed by atoms with Gasteiger partial charge in [-0.2, -0.15) is 0 Å². The van der Waals surface area contributed by atoms with Gasteiger partial charge >= 0.3 is 0 Å². The molecule has 0 aliphatic heterocycles. The molecule has 0 radical (unpaired) electrons. The summed E-state index contributed by atoms with van der Waals surface area (Å²) in [5, 5.41) is 7.89. The molecular formula is C17H15IN2O2. The largest absolute Gasteiger partial charge is 0.356 e. The highest BCUT2D eigenvalue weighted by Gasteiger charge is 2.15. The van der Waals surface area contributed by atoms with Gasteiger partial charge in [0, 0.05) is 8.96 Å². The van der Waals surface area contributed by atoms with Crippen molar-refractivity contribution in [1.29, 1.82) is 0 Å². The molecule has 1 heterocycles. The molecule has 0 saturated carbocycles. The average Bonchev–Trinajstić information content (AvgIpc) is 2.85. The van der Waals surface area contributed by atoms with Gasteiger partial charge in [0.25, 0.3) is 0 Å². The van der Waals surface area contributed by atoms with E-state index in [9.17, 15) is 4.79 Å². The molecule has 0 unspecified atom stereocenters. The summed E-state index contributed by atoms with van der Waals surface area (Å²) in [6.45, 7) is 4.01. The zero-order chi connectivity index (χ0) is 15.7. The second-order valence-electron chi connectivity index (χ2n) is 5.29. The lowest BCUT2D eigenvalue weighted by Crippen LogP contribution is -2.15. The molecule has 0 aliphatic rings. The van der Waals surface area contributed by atoms with E-state index in [2.05, 4.69) is 33.1 Å². The second-order valence-corrected chi connectivity index (χ2v) is 6.45. The van der Waals surface area contributed by atoms with Crippen LogP contribution in [0.15, 0.2) is 40.9 Å². The molecule has 112 valence electrons. The first-order valence-corrected chi connectivity index (χ1v) is 8.02. The number of amides is 1. The summed E-state index contributed by atoms with van der Waals surface area (Å²) in [6, 6.07) is 11.7. The average molecular weight is 406 g/mol. The first-order valence-electron chi connectivity index (χ1n) is 6.94. The number of rotatable bonds is 3. The Kier molecular flexibility index (Phi) is 4.15. The summed E-state index contributed by atoms with van der Waals surface area (Å²) in [7, 11) is 0. The number of nitrogens with one attached hydrogen (secondary N) is 1. The Bertz CT molecular complexity index is 855. The van der Waals surface area contributed by atoms with E-state index in [1.165, 1.54) is 0 Å². The summed E-state index contributed by atoms with van der Waals surface area (Å²) in [6.07, 6.45) is 0.195. The van der Waals surface area contributed by atoms with Crippen LogP contribution in [0.3, 0.4) is 0 Å². The first kappa shape index (κ1) is 15.0. The highest BCUT2D eigenvalue weighted by molar-refractivity contribution is 14.1. The van der Waals surface area contributed by atoms with E-state index in [1.807, 2.05) is 50.2 Å². The SMILES string of the molecule is Cc1cc(C)c2onc(CC(=O)Nc3ccccc3I)c2c1. The second kappa shape index (κ2) is 6.08. The Labute approximate surface area is 142 Å². The van der Waals surface area contributed by atoms with Crippen LogP contribution >= 0.6 is 22.6 Å². The minimum atomic E-state index is -0.0986. The van der Waals surface area contributed by atoms with Crippen LogP contribution in [0.5, 0.6) is 0 Å². The van der Waals surface area contributed by atoms with Crippen LogP contribution in [0.2, 0.25) is 0 Å². The van der Waals surface area contributed by atoms with E-state index in [0.717, 1.165) is 31.4 Å². The fourth-order valence-electron chi connectivity index (χ4n) is 2.48. The molecule has 3 rings (SSSR count). The van der Waals surface area contributed by atoms with Crippen molar-refractivity contribution in [3.63, 3.8) is 0 Å². The number of aryl methyl sites for hydroxylation is 2. The molecule has 1 N–H and O–H groups in total. The van der Waals surface area contributed by atoms with Crippen molar-refractivity contribution >= 4 is 45.2 Å². The number of nitrogens with zero attached hydrogens (tertiary/aromatic N) is 1. The van der Waals surface area contributed by atoms with Crippen molar-refractivity contribution in [3.05, 3.63) is 56.8 Å². The predicted octanol–water partition coefficient (Wildman–Crippen LogP) is 4.23. The van der Waals surface area contributed by atoms with Crippen LogP contribution in [0, 0.1) is 17.4 Å². The number of halogens is 1.